The van der Waals surface area contributed by atoms with Crippen molar-refractivity contribution in [2.75, 3.05) is 10.0 Å². The molecular formula is C18H17ClN4O2S. The van der Waals surface area contributed by atoms with E-state index in [0.29, 0.717) is 5.82 Å². The summed E-state index contributed by atoms with van der Waals surface area (Å²) in [6, 6.07) is 17.3. The number of hydrogen-bond donors (Lipinski definition) is 2. The van der Waals surface area contributed by atoms with E-state index in [4.69, 9.17) is 11.6 Å². The van der Waals surface area contributed by atoms with Crippen molar-refractivity contribution in [1.82, 2.24) is 10.2 Å². The van der Waals surface area contributed by atoms with Gasteiger partial charge < -0.3 is 5.32 Å². The van der Waals surface area contributed by atoms with Crippen molar-refractivity contribution < 1.29 is 8.42 Å². The first-order valence-electron chi connectivity index (χ1n) is 7.95. The maximum atomic E-state index is 12.4. The van der Waals surface area contributed by atoms with Crippen LogP contribution in [0, 0.1) is 0 Å². The molecule has 3 aromatic rings. The number of nitrogens with one attached hydrogen (secondary N) is 2. The van der Waals surface area contributed by atoms with E-state index >= 15 is 0 Å². The molecule has 134 valence electrons. The number of aromatic nitrogens is 2. The zero-order valence-corrected chi connectivity index (χ0v) is 15.6. The Morgan fingerprint density at radius 3 is 2.27 bits per heavy atom. The van der Waals surface area contributed by atoms with Crippen LogP contribution < -0.4 is 10.0 Å². The molecule has 1 aromatic heterocycles. The van der Waals surface area contributed by atoms with Crippen molar-refractivity contribution in [2.45, 2.75) is 18.2 Å². The molecule has 0 radical (unpaired) electrons. The molecule has 0 saturated carbocycles. The number of halogens is 1. The lowest BCUT2D eigenvalue weighted by Crippen LogP contribution is -2.15. The maximum Gasteiger partial charge on any atom is 0.264 e. The summed E-state index contributed by atoms with van der Waals surface area (Å²) in [4.78, 5) is -0.0115. The van der Waals surface area contributed by atoms with Gasteiger partial charge in [-0.25, -0.2) is 8.42 Å². The van der Waals surface area contributed by atoms with Crippen LogP contribution in [0.2, 0.25) is 5.02 Å². The summed E-state index contributed by atoms with van der Waals surface area (Å²) in [5.74, 6) is 0.630. The van der Waals surface area contributed by atoms with Crippen LogP contribution in [0.5, 0.6) is 0 Å². The molecule has 0 unspecified atom stereocenters. The van der Waals surface area contributed by atoms with Crippen LogP contribution in [-0.2, 0) is 16.4 Å². The van der Waals surface area contributed by atoms with Crippen molar-refractivity contribution >= 4 is 38.9 Å². The number of para-hydroxylation sites is 1. The van der Waals surface area contributed by atoms with E-state index in [1.54, 1.807) is 18.2 Å². The third-order valence-electron chi connectivity index (χ3n) is 3.69. The van der Waals surface area contributed by atoms with Gasteiger partial charge in [0.05, 0.1) is 5.02 Å². The lowest BCUT2D eigenvalue weighted by molar-refractivity contribution is 0.601. The SMILES string of the molecule is CCc1ccccc1Nc1ccc(NS(=O)(=O)c2ccccc2Cl)nn1. The van der Waals surface area contributed by atoms with Crippen LogP contribution in [0.3, 0.4) is 0 Å². The van der Waals surface area contributed by atoms with Crippen LogP contribution >= 0.6 is 11.6 Å². The highest BCUT2D eigenvalue weighted by atomic mass is 35.5. The lowest BCUT2D eigenvalue weighted by atomic mass is 10.1. The summed E-state index contributed by atoms with van der Waals surface area (Å²) in [6.45, 7) is 2.07. The molecule has 26 heavy (non-hydrogen) atoms. The number of anilines is 3. The number of nitrogens with zero attached hydrogens (tertiary/aromatic N) is 2. The molecule has 0 atom stereocenters. The zero-order chi connectivity index (χ0) is 18.6. The molecule has 2 N–H and O–H groups in total. The average Bonchev–Trinajstić information content (AvgIpc) is 2.64. The Morgan fingerprint density at radius 2 is 1.58 bits per heavy atom. The Morgan fingerprint density at radius 1 is 0.923 bits per heavy atom. The molecule has 0 aliphatic heterocycles. The molecule has 6 nitrogen and oxygen atoms in total. The van der Waals surface area contributed by atoms with E-state index in [2.05, 4.69) is 27.2 Å². The predicted octanol–water partition coefficient (Wildman–Crippen LogP) is 4.24. The molecule has 0 aliphatic rings. The van der Waals surface area contributed by atoms with Gasteiger partial charge in [-0.2, -0.15) is 0 Å². The molecule has 1 heterocycles. The minimum atomic E-state index is -3.83. The quantitative estimate of drug-likeness (QED) is 0.659. The van der Waals surface area contributed by atoms with Crippen molar-refractivity contribution in [3.8, 4) is 0 Å². The molecule has 3 rings (SSSR count). The summed E-state index contributed by atoms with van der Waals surface area (Å²) < 4.78 is 27.2. The molecule has 0 saturated heterocycles. The summed E-state index contributed by atoms with van der Waals surface area (Å²) in [6.07, 6.45) is 0.881. The van der Waals surface area contributed by atoms with E-state index in [1.165, 1.54) is 18.2 Å². The number of rotatable bonds is 6. The third kappa shape index (κ3) is 4.12. The van der Waals surface area contributed by atoms with Crippen LogP contribution in [0.1, 0.15) is 12.5 Å². The van der Waals surface area contributed by atoms with Crippen LogP contribution in [-0.4, -0.2) is 18.6 Å². The maximum absolute atomic E-state index is 12.4. The van der Waals surface area contributed by atoms with Crippen LogP contribution in [0.15, 0.2) is 65.6 Å². The van der Waals surface area contributed by atoms with E-state index in [-0.39, 0.29) is 15.7 Å². The molecule has 8 heteroatoms. The fourth-order valence-corrected chi connectivity index (χ4v) is 3.91. The molecule has 2 aromatic carbocycles. The lowest BCUT2D eigenvalue weighted by Gasteiger charge is -2.11. The third-order valence-corrected chi connectivity index (χ3v) is 5.55. The number of sulfonamides is 1. The van der Waals surface area contributed by atoms with Gasteiger partial charge in [-0.1, -0.05) is 48.9 Å². The largest absolute Gasteiger partial charge is 0.339 e. The van der Waals surface area contributed by atoms with Gasteiger partial charge in [-0.05, 0) is 42.3 Å². The van der Waals surface area contributed by atoms with Gasteiger partial charge in [-0.3, -0.25) is 4.72 Å². The zero-order valence-electron chi connectivity index (χ0n) is 14.0. The van der Waals surface area contributed by atoms with Crippen molar-refractivity contribution in [3.05, 3.63) is 71.2 Å². The normalized spacial score (nSPS) is 11.2. The predicted molar refractivity (Wildman–Crippen MR) is 103 cm³/mol. The van der Waals surface area contributed by atoms with Gasteiger partial charge in [0.2, 0.25) is 0 Å². The van der Waals surface area contributed by atoms with Gasteiger partial charge in [0.1, 0.15) is 4.90 Å². The van der Waals surface area contributed by atoms with Crippen molar-refractivity contribution in [2.24, 2.45) is 0 Å². The summed E-state index contributed by atoms with van der Waals surface area (Å²) in [5.41, 5.74) is 2.09. The fraction of sp³-hybridized carbons (Fsp3) is 0.111. The first kappa shape index (κ1) is 18.2. The Labute approximate surface area is 157 Å². The van der Waals surface area contributed by atoms with Crippen molar-refractivity contribution in [3.63, 3.8) is 0 Å². The van der Waals surface area contributed by atoms with Crippen molar-refractivity contribution in [1.29, 1.82) is 0 Å². The van der Waals surface area contributed by atoms with Gasteiger partial charge in [-0.15, -0.1) is 10.2 Å². The highest BCUT2D eigenvalue weighted by Gasteiger charge is 2.18. The molecule has 0 amide bonds. The highest BCUT2D eigenvalue weighted by Crippen LogP contribution is 2.23. The second-order valence-electron chi connectivity index (χ2n) is 5.48. The summed E-state index contributed by atoms with van der Waals surface area (Å²) >= 11 is 5.95. The minimum Gasteiger partial charge on any atom is -0.339 e. The smallest absolute Gasteiger partial charge is 0.264 e. The highest BCUT2D eigenvalue weighted by molar-refractivity contribution is 7.92. The van der Waals surface area contributed by atoms with E-state index in [1.807, 2.05) is 24.3 Å². The van der Waals surface area contributed by atoms with Crippen LogP contribution in [0.4, 0.5) is 17.3 Å². The van der Waals surface area contributed by atoms with E-state index < -0.39 is 10.0 Å². The first-order chi connectivity index (χ1) is 12.5. The van der Waals surface area contributed by atoms with E-state index in [0.717, 1.165) is 17.7 Å². The monoisotopic (exact) mass is 388 g/mol. The summed E-state index contributed by atoms with van der Waals surface area (Å²) in [7, 11) is -3.83. The van der Waals surface area contributed by atoms with Gasteiger partial charge in [0.15, 0.2) is 11.6 Å². The number of aryl methyl sites for hydroxylation is 1. The second-order valence-corrected chi connectivity index (χ2v) is 7.53. The van der Waals surface area contributed by atoms with Gasteiger partial charge in [0, 0.05) is 5.69 Å². The standard InChI is InChI=1S/C18H17ClN4O2S/c1-2-13-7-3-5-9-15(13)20-17-11-12-18(22-21-17)23-26(24,25)16-10-6-4-8-14(16)19/h3-12H,2H2,1H3,(H,20,21)(H,22,23). The topological polar surface area (TPSA) is 84.0 Å². The average molecular weight is 389 g/mol. The Kier molecular flexibility index (Phi) is 5.39. The summed E-state index contributed by atoms with van der Waals surface area (Å²) in [5, 5.41) is 11.3. The van der Waals surface area contributed by atoms with Gasteiger partial charge in [0.25, 0.3) is 10.0 Å². The Balaban J connectivity index is 1.77. The van der Waals surface area contributed by atoms with Gasteiger partial charge >= 0.3 is 0 Å². The minimum absolute atomic E-state index is 0.0115. The Bertz CT molecular complexity index is 1010. The molecule has 0 spiro atoms. The molecule has 0 fully saturated rings. The number of benzene rings is 2. The molecule has 0 bridgehead atoms. The molecule has 0 aliphatic carbocycles. The van der Waals surface area contributed by atoms with E-state index in [9.17, 15) is 8.42 Å². The second kappa shape index (κ2) is 7.72. The fourth-order valence-electron chi connectivity index (χ4n) is 2.40. The molecular weight excluding hydrogens is 372 g/mol. The number of hydrogen-bond acceptors (Lipinski definition) is 5. The van der Waals surface area contributed by atoms with Crippen LogP contribution in [0.25, 0.3) is 0 Å². The first-order valence-corrected chi connectivity index (χ1v) is 9.81. The Hall–Kier alpha value is -2.64.